The SMILES string of the molecule is CC(=O)N(CCn1ccnc1CO)Cc1ccc(CCc2coc(/C=C/c3ccc(C(F)(F)F)cc3)n2)cc1C. The van der Waals surface area contributed by atoms with Crippen LogP contribution in [0, 0.1) is 6.92 Å². The van der Waals surface area contributed by atoms with E-state index in [9.17, 15) is 23.1 Å². The van der Waals surface area contributed by atoms with Crippen molar-refractivity contribution in [1.82, 2.24) is 19.4 Å². The van der Waals surface area contributed by atoms with Crippen LogP contribution in [0.1, 0.15) is 52.2 Å². The molecule has 1 amide bonds. The van der Waals surface area contributed by atoms with Crippen LogP contribution in [0.2, 0.25) is 0 Å². The van der Waals surface area contributed by atoms with E-state index in [1.165, 1.54) is 12.1 Å². The predicted molar refractivity (Wildman–Crippen MR) is 145 cm³/mol. The van der Waals surface area contributed by atoms with Crippen molar-refractivity contribution >= 4 is 18.1 Å². The third kappa shape index (κ3) is 7.69. The number of aryl methyl sites for hydroxylation is 3. The molecule has 4 aromatic rings. The van der Waals surface area contributed by atoms with Crippen LogP contribution in [0.25, 0.3) is 12.2 Å². The highest BCUT2D eigenvalue weighted by molar-refractivity contribution is 5.73. The molecule has 1 N–H and O–H groups in total. The fraction of sp³-hybridized carbons (Fsp3) is 0.300. The van der Waals surface area contributed by atoms with Gasteiger partial charge in [0.15, 0.2) is 0 Å². The molecule has 40 heavy (non-hydrogen) atoms. The highest BCUT2D eigenvalue weighted by Gasteiger charge is 2.29. The summed E-state index contributed by atoms with van der Waals surface area (Å²) in [4.78, 5) is 22.6. The second-order valence-electron chi connectivity index (χ2n) is 9.53. The number of hydrogen-bond donors (Lipinski definition) is 1. The van der Waals surface area contributed by atoms with Crippen molar-refractivity contribution in [1.29, 1.82) is 0 Å². The number of oxazole rings is 1. The van der Waals surface area contributed by atoms with Gasteiger partial charge in [-0.25, -0.2) is 9.97 Å². The number of halogens is 3. The number of carbonyl (C=O) groups is 1. The molecule has 4 rings (SSSR count). The van der Waals surface area contributed by atoms with Crippen molar-refractivity contribution < 1.29 is 27.5 Å². The molecule has 2 heterocycles. The fourth-order valence-corrected chi connectivity index (χ4v) is 4.31. The number of aliphatic hydroxyl groups is 1. The lowest BCUT2D eigenvalue weighted by molar-refractivity contribution is -0.137. The summed E-state index contributed by atoms with van der Waals surface area (Å²) in [7, 11) is 0. The zero-order valence-electron chi connectivity index (χ0n) is 22.4. The number of hydrogen-bond acceptors (Lipinski definition) is 5. The van der Waals surface area contributed by atoms with Gasteiger partial charge in [0, 0.05) is 45.0 Å². The Balaban J connectivity index is 1.31. The van der Waals surface area contributed by atoms with Crippen molar-refractivity contribution in [2.24, 2.45) is 0 Å². The van der Waals surface area contributed by atoms with Gasteiger partial charge in [0.1, 0.15) is 18.7 Å². The Kier molecular flexibility index (Phi) is 9.21. The molecular weight excluding hydrogens is 521 g/mol. The monoisotopic (exact) mass is 552 g/mol. The lowest BCUT2D eigenvalue weighted by atomic mass is 10.0. The molecule has 0 fully saturated rings. The zero-order chi connectivity index (χ0) is 28.7. The second-order valence-corrected chi connectivity index (χ2v) is 9.53. The van der Waals surface area contributed by atoms with Crippen molar-refractivity contribution in [2.45, 2.75) is 52.6 Å². The van der Waals surface area contributed by atoms with Gasteiger partial charge in [-0.15, -0.1) is 0 Å². The summed E-state index contributed by atoms with van der Waals surface area (Å²) in [5.74, 6) is 0.925. The lowest BCUT2D eigenvalue weighted by Crippen LogP contribution is -2.32. The molecule has 0 unspecified atom stereocenters. The number of carbonyl (C=O) groups excluding carboxylic acids is 1. The summed E-state index contributed by atoms with van der Waals surface area (Å²) in [6, 6.07) is 11.1. The van der Waals surface area contributed by atoms with Crippen LogP contribution in [0.15, 0.2) is 65.5 Å². The van der Waals surface area contributed by atoms with Crippen LogP contribution in [-0.2, 0) is 43.5 Å². The Labute approximate surface area is 230 Å². The number of benzene rings is 2. The molecule has 0 radical (unpaired) electrons. The second kappa shape index (κ2) is 12.8. The highest BCUT2D eigenvalue weighted by atomic mass is 19.4. The van der Waals surface area contributed by atoms with Crippen LogP contribution in [-0.4, -0.2) is 37.0 Å². The number of nitrogens with zero attached hydrogens (tertiary/aromatic N) is 4. The first kappa shape index (κ1) is 28.8. The molecule has 0 aliphatic rings. The van der Waals surface area contributed by atoms with Gasteiger partial charge in [0.05, 0.1) is 11.3 Å². The molecule has 210 valence electrons. The van der Waals surface area contributed by atoms with E-state index in [1.54, 1.807) is 42.6 Å². The molecule has 0 saturated heterocycles. The number of aliphatic hydroxyl groups excluding tert-OH is 1. The van der Waals surface area contributed by atoms with Crippen LogP contribution in [0.5, 0.6) is 0 Å². The van der Waals surface area contributed by atoms with E-state index >= 15 is 0 Å². The Morgan fingerprint density at radius 2 is 1.90 bits per heavy atom. The van der Waals surface area contributed by atoms with E-state index in [4.69, 9.17) is 4.42 Å². The van der Waals surface area contributed by atoms with E-state index in [-0.39, 0.29) is 12.5 Å². The van der Waals surface area contributed by atoms with Crippen LogP contribution >= 0.6 is 0 Å². The topological polar surface area (TPSA) is 84.4 Å². The molecule has 10 heteroatoms. The summed E-state index contributed by atoms with van der Waals surface area (Å²) in [5.41, 5.74) is 3.98. The smallest absolute Gasteiger partial charge is 0.416 e. The van der Waals surface area contributed by atoms with Crippen molar-refractivity contribution in [3.63, 3.8) is 0 Å². The van der Waals surface area contributed by atoms with Gasteiger partial charge in [0.25, 0.3) is 0 Å². The molecule has 0 aliphatic carbocycles. The number of amides is 1. The molecule has 0 aliphatic heterocycles. The van der Waals surface area contributed by atoms with Gasteiger partial charge in [0.2, 0.25) is 11.8 Å². The minimum Gasteiger partial charge on any atom is -0.445 e. The molecule has 7 nitrogen and oxygen atoms in total. The normalized spacial score (nSPS) is 11.8. The van der Waals surface area contributed by atoms with Crippen molar-refractivity contribution in [3.8, 4) is 0 Å². The highest BCUT2D eigenvalue weighted by Crippen LogP contribution is 2.29. The average Bonchev–Trinajstić information content (AvgIpc) is 3.58. The molecular formula is C30H31F3N4O3. The molecule has 0 atom stereocenters. The predicted octanol–water partition coefficient (Wildman–Crippen LogP) is 5.69. The van der Waals surface area contributed by atoms with Gasteiger partial charge < -0.3 is 19.0 Å². The summed E-state index contributed by atoms with van der Waals surface area (Å²) >= 11 is 0. The molecule has 2 aromatic carbocycles. The number of aromatic nitrogens is 3. The summed E-state index contributed by atoms with van der Waals surface area (Å²) in [5, 5.41) is 9.39. The van der Waals surface area contributed by atoms with Crippen molar-refractivity contribution in [2.75, 3.05) is 6.54 Å². The number of rotatable bonds is 11. The van der Waals surface area contributed by atoms with E-state index in [0.717, 1.165) is 40.9 Å². The third-order valence-corrected chi connectivity index (χ3v) is 6.66. The van der Waals surface area contributed by atoms with E-state index in [1.807, 2.05) is 23.6 Å². The minimum atomic E-state index is -4.36. The largest absolute Gasteiger partial charge is 0.445 e. The van der Waals surface area contributed by atoms with E-state index < -0.39 is 11.7 Å². The van der Waals surface area contributed by atoms with Crippen LogP contribution in [0.3, 0.4) is 0 Å². The first-order valence-corrected chi connectivity index (χ1v) is 12.9. The molecule has 0 bridgehead atoms. The van der Waals surface area contributed by atoms with Crippen LogP contribution in [0.4, 0.5) is 13.2 Å². The fourth-order valence-electron chi connectivity index (χ4n) is 4.31. The lowest BCUT2D eigenvalue weighted by Gasteiger charge is -2.23. The Morgan fingerprint density at radius 1 is 1.12 bits per heavy atom. The van der Waals surface area contributed by atoms with Crippen molar-refractivity contribution in [3.05, 3.63) is 106 Å². The minimum absolute atomic E-state index is 0.0247. The summed E-state index contributed by atoms with van der Waals surface area (Å²) in [6.07, 6.45) is 5.34. The molecule has 0 saturated carbocycles. The maximum Gasteiger partial charge on any atom is 0.416 e. The maximum absolute atomic E-state index is 12.7. The summed E-state index contributed by atoms with van der Waals surface area (Å²) < 4.78 is 45.5. The molecule has 0 spiro atoms. The third-order valence-electron chi connectivity index (χ3n) is 6.66. The quantitative estimate of drug-likeness (QED) is 0.258. The van der Waals surface area contributed by atoms with Crippen LogP contribution < -0.4 is 0 Å². The average molecular weight is 553 g/mol. The summed E-state index contributed by atoms with van der Waals surface area (Å²) in [6.45, 7) is 4.96. The van der Waals surface area contributed by atoms with Gasteiger partial charge in [-0.3, -0.25) is 4.79 Å². The zero-order valence-corrected chi connectivity index (χ0v) is 22.4. The van der Waals surface area contributed by atoms with Gasteiger partial charge >= 0.3 is 6.18 Å². The maximum atomic E-state index is 12.7. The van der Waals surface area contributed by atoms with E-state index in [0.29, 0.717) is 43.3 Å². The van der Waals surface area contributed by atoms with Gasteiger partial charge in [-0.2, -0.15) is 13.2 Å². The molecule has 2 aromatic heterocycles. The Bertz CT molecular complexity index is 1460. The Hall–Kier alpha value is -4.18. The van der Waals surface area contributed by atoms with Gasteiger partial charge in [-0.1, -0.05) is 30.3 Å². The van der Waals surface area contributed by atoms with Gasteiger partial charge in [-0.05, 0) is 60.2 Å². The standard InChI is InChI=1S/C30H31F3N4O3/c1-21-17-24(3-8-25(21)18-37(22(2)39)16-15-36-14-13-34-28(36)19-38)6-11-27-20-40-29(35-27)12-7-23-4-9-26(10-5-23)30(31,32)33/h3-5,7-10,12-14,17,20,38H,6,11,15-16,18-19H2,1-2H3/b12-7+. The number of alkyl halides is 3. The number of imidazole rings is 1. The van der Waals surface area contributed by atoms with E-state index in [2.05, 4.69) is 16.0 Å². The Morgan fingerprint density at radius 3 is 2.58 bits per heavy atom. The first-order valence-electron chi connectivity index (χ1n) is 12.9. The first-order chi connectivity index (χ1) is 19.1.